The van der Waals surface area contributed by atoms with Crippen LogP contribution in [0.15, 0.2) is 35.6 Å². The second kappa shape index (κ2) is 7.24. The Morgan fingerprint density at radius 2 is 2.27 bits per heavy atom. The van der Waals surface area contributed by atoms with Crippen molar-refractivity contribution in [2.24, 2.45) is 5.10 Å². The molecule has 3 rings (SSSR count). The Bertz CT molecular complexity index is 684. The fourth-order valence-corrected chi connectivity index (χ4v) is 2.38. The highest BCUT2D eigenvalue weighted by atomic mass is 32.1. The van der Waals surface area contributed by atoms with Crippen molar-refractivity contribution in [1.82, 2.24) is 20.7 Å². The highest BCUT2D eigenvalue weighted by Gasteiger charge is 2.14. The summed E-state index contributed by atoms with van der Waals surface area (Å²) in [7, 11) is 0. The van der Waals surface area contributed by atoms with Crippen LogP contribution in [0.4, 0.5) is 0 Å². The Labute approximate surface area is 134 Å². The van der Waals surface area contributed by atoms with Gasteiger partial charge in [0.05, 0.1) is 29.5 Å². The van der Waals surface area contributed by atoms with Crippen LogP contribution >= 0.6 is 12.2 Å². The van der Waals surface area contributed by atoms with E-state index in [-0.39, 0.29) is 6.10 Å². The largest absolute Gasteiger partial charge is 0.376 e. The molecule has 2 N–H and O–H groups in total. The molecule has 0 amide bonds. The Morgan fingerprint density at radius 1 is 1.41 bits per heavy atom. The normalized spacial score (nSPS) is 17.9. The van der Waals surface area contributed by atoms with Gasteiger partial charge in [-0.1, -0.05) is 12.1 Å². The van der Waals surface area contributed by atoms with E-state index in [2.05, 4.69) is 25.8 Å². The predicted molar refractivity (Wildman–Crippen MR) is 89.8 cm³/mol. The van der Waals surface area contributed by atoms with Crippen LogP contribution in [-0.2, 0) is 4.74 Å². The molecule has 6 nitrogen and oxygen atoms in total. The lowest BCUT2D eigenvalue weighted by Gasteiger charge is -2.11. The van der Waals surface area contributed by atoms with Gasteiger partial charge in [-0.3, -0.25) is 10.4 Å². The molecule has 1 aromatic carbocycles. The van der Waals surface area contributed by atoms with Gasteiger partial charge in [0.15, 0.2) is 5.11 Å². The van der Waals surface area contributed by atoms with Gasteiger partial charge in [0.2, 0.25) is 0 Å². The third-order valence-corrected chi connectivity index (χ3v) is 3.58. The van der Waals surface area contributed by atoms with E-state index >= 15 is 0 Å². The zero-order valence-corrected chi connectivity index (χ0v) is 12.8. The molecule has 0 saturated carbocycles. The number of nitrogens with zero attached hydrogens (tertiary/aromatic N) is 3. The van der Waals surface area contributed by atoms with Gasteiger partial charge in [0.1, 0.15) is 5.69 Å². The van der Waals surface area contributed by atoms with Crippen molar-refractivity contribution in [2.45, 2.75) is 18.9 Å². The van der Waals surface area contributed by atoms with E-state index in [1.165, 1.54) is 0 Å². The zero-order chi connectivity index (χ0) is 15.2. The van der Waals surface area contributed by atoms with E-state index in [9.17, 15) is 0 Å². The van der Waals surface area contributed by atoms with Crippen molar-refractivity contribution in [3.05, 3.63) is 36.2 Å². The van der Waals surface area contributed by atoms with Gasteiger partial charge in [0.25, 0.3) is 0 Å². The Balaban J connectivity index is 1.50. The fraction of sp³-hybridized carbons (Fsp3) is 0.333. The van der Waals surface area contributed by atoms with Crippen molar-refractivity contribution in [2.75, 3.05) is 13.2 Å². The Kier molecular flexibility index (Phi) is 4.87. The fourth-order valence-electron chi connectivity index (χ4n) is 2.24. The highest BCUT2D eigenvalue weighted by molar-refractivity contribution is 7.80. The number of hydrazone groups is 1. The minimum absolute atomic E-state index is 0.245. The first-order valence-electron chi connectivity index (χ1n) is 7.21. The van der Waals surface area contributed by atoms with Crippen molar-refractivity contribution >= 4 is 34.6 Å². The molecule has 114 valence electrons. The van der Waals surface area contributed by atoms with Crippen LogP contribution in [0.3, 0.4) is 0 Å². The van der Waals surface area contributed by atoms with Gasteiger partial charge >= 0.3 is 0 Å². The van der Waals surface area contributed by atoms with Gasteiger partial charge < -0.3 is 10.1 Å². The molecule has 2 heterocycles. The van der Waals surface area contributed by atoms with Crippen LogP contribution in [0.2, 0.25) is 0 Å². The molecular formula is C15H17N5OS. The predicted octanol–water partition coefficient (Wildman–Crippen LogP) is 1.61. The number of hydrogen-bond acceptors (Lipinski definition) is 5. The van der Waals surface area contributed by atoms with Crippen molar-refractivity contribution in [3.63, 3.8) is 0 Å². The Morgan fingerprint density at radius 3 is 3.09 bits per heavy atom. The third kappa shape index (κ3) is 3.96. The maximum Gasteiger partial charge on any atom is 0.187 e. The lowest BCUT2D eigenvalue weighted by molar-refractivity contribution is 0.114. The summed E-state index contributed by atoms with van der Waals surface area (Å²) in [6, 6.07) is 7.71. The second-order valence-corrected chi connectivity index (χ2v) is 5.41. The molecule has 0 unspecified atom stereocenters. The molecule has 1 atom stereocenters. The van der Waals surface area contributed by atoms with E-state index < -0.39 is 0 Å². The number of fused-ring (bicyclic) bond motifs is 1. The van der Waals surface area contributed by atoms with E-state index in [1.54, 1.807) is 12.4 Å². The first kappa shape index (κ1) is 14.8. The molecular weight excluding hydrogens is 298 g/mol. The SMILES string of the molecule is S=C(NC[C@@H]1CCCO1)N/N=C\c1cnc2ccccc2n1. The summed E-state index contributed by atoms with van der Waals surface area (Å²) < 4.78 is 5.51. The highest BCUT2D eigenvalue weighted by Crippen LogP contribution is 2.10. The molecule has 1 fully saturated rings. The van der Waals surface area contributed by atoms with Crippen molar-refractivity contribution in [3.8, 4) is 0 Å². The molecule has 1 saturated heterocycles. The number of ether oxygens (including phenoxy) is 1. The average molecular weight is 315 g/mol. The monoisotopic (exact) mass is 315 g/mol. The molecule has 1 aromatic heterocycles. The summed E-state index contributed by atoms with van der Waals surface area (Å²) in [6.07, 6.45) is 5.71. The number of para-hydroxylation sites is 2. The van der Waals surface area contributed by atoms with Gasteiger partial charge in [-0.15, -0.1) is 0 Å². The number of rotatable bonds is 4. The maximum atomic E-state index is 5.51. The molecule has 1 aliphatic rings. The summed E-state index contributed by atoms with van der Waals surface area (Å²) in [5.41, 5.74) is 5.14. The van der Waals surface area contributed by atoms with Crippen LogP contribution in [0.25, 0.3) is 11.0 Å². The van der Waals surface area contributed by atoms with E-state index in [4.69, 9.17) is 17.0 Å². The van der Waals surface area contributed by atoms with Gasteiger partial charge in [-0.2, -0.15) is 5.10 Å². The second-order valence-electron chi connectivity index (χ2n) is 5.00. The lowest BCUT2D eigenvalue weighted by Crippen LogP contribution is -2.37. The van der Waals surface area contributed by atoms with Crippen molar-refractivity contribution in [1.29, 1.82) is 0 Å². The molecule has 0 aliphatic carbocycles. The minimum atomic E-state index is 0.245. The van der Waals surface area contributed by atoms with Crippen LogP contribution in [0, 0.1) is 0 Å². The molecule has 22 heavy (non-hydrogen) atoms. The first-order valence-corrected chi connectivity index (χ1v) is 7.62. The number of nitrogens with one attached hydrogen (secondary N) is 2. The molecule has 1 aliphatic heterocycles. The molecule has 0 spiro atoms. The van der Waals surface area contributed by atoms with Gasteiger partial charge in [0, 0.05) is 13.2 Å². The minimum Gasteiger partial charge on any atom is -0.376 e. The van der Waals surface area contributed by atoms with Crippen LogP contribution in [-0.4, -0.2) is 40.6 Å². The molecule has 0 radical (unpaired) electrons. The summed E-state index contributed by atoms with van der Waals surface area (Å²) in [6.45, 7) is 1.54. The van der Waals surface area contributed by atoms with Crippen LogP contribution < -0.4 is 10.7 Å². The van der Waals surface area contributed by atoms with Crippen LogP contribution in [0.5, 0.6) is 0 Å². The summed E-state index contributed by atoms with van der Waals surface area (Å²) in [4.78, 5) is 8.77. The number of benzene rings is 1. The number of hydrogen-bond donors (Lipinski definition) is 2. The van der Waals surface area contributed by atoms with Gasteiger partial charge in [-0.05, 0) is 37.2 Å². The summed E-state index contributed by atoms with van der Waals surface area (Å²) >= 11 is 5.15. The molecule has 0 bridgehead atoms. The van der Waals surface area contributed by atoms with Gasteiger partial charge in [-0.25, -0.2) is 4.98 Å². The topological polar surface area (TPSA) is 71.4 Å². The van der Waals surface area contributed by atoms with Crippen LogP contribution in [0.1, 0.15) is 18.5 Å². The zero-order valence-electron chi connectivity index (χ0n) is 12.0. The third-order valence-electron chi connectivity index (χ3n) is 3.34. The molecule has 7 heteroatoms. The van der Waals surface area contributed by atoms with E-state index in [0.717, 1.165) is 30.5 Å². The number of aromatic nitrogens is 2. The Hall–Kier alpha value is -2.12. The average Bonchev–Trinajstić information content (AvgIpc) is 3.06. The van der Waals surface area contributed by atoms with Crippen molar-refractivity contribution < 1.29 is 4.74 Å². The number of thiocarbonyl (C=S) groups is 1. The van der Waals surface area contributed by atoms with E-state index in [1.807, 2.05) is 24.3 Å². The summed E-state index contributed by atoms with van der Waals surface area (Å²) in [5, 5.41) is 7.63. The maximum absolute atomic E-state index is 5.51. The quantitative estimate of drug-likeness (QED) is 0.507. The lowest BCUT2D eigenvalue weighted by atomic mass is 10.2. The molecule has 2 aromatic rings. The first-order chi connectivity index (χ1) is 10.8. The standard InChI is InChI=1S/C15H17N5OS/c22-15(17-10-12-4-3-7-21-12)20-18-9-11-8-16-13-5-1-2-6-14(13)19-11/h1-2,5-6,8-9,12H,3-4,7,10H2,(H2,17,20,22)/b18-9-/t12-/m0/s1. The smallest absolute Gasteiger partial charge is 0.187 e. The summed E-state index contributed by atoms with van der Waals surface area (Å²) in [5.74, 6) is 0. The van der Waals surface area contributed by atoms with E-state index in [0.29, 0.717) is 17.4 Å².